The zero-order valence-corrected chi connectivity index (χ0v) is 11.7. The van der Waals surface area contributed by atoms with Crippen molar-refractivity contribution in [3.05, 3.63) is 42.5 Å². The summed E-state index contributed by atoms with van der Waals surface area (Å²) in [6.45, 7) is 2.96. The number of hydrogen-bond acceptors (Lipinski definition) is 3. The zero-order chi connectivity index (χ0) is 13.8. The van der Waals surface area contributed by atoms with E-state index in [1.54, 1.807) is 0 Å². The first-order valence-corrected chi connectivity index (χ1v) is 7.16. The normalized spacial score (nSPS) is 11.1. The minimum absolute atomic E-state index is 0.764. The number of fused-ring (bicyclic) bond motifs is 2. The largest absolute Gasteiger partial charge is 0.494 e. The number of unbranched alkanes of at least 4 members (excludes halogenated alkanes) is 2. The van der Waals surface area contributed by atoms with Crippen molar-refractivity contribution in [1.29, 1.82) is 0 Å². The molecule has 0 saturated carbocycles. The molecule has 3 rings (SSSR count). The van der Waals surface area contributed by atoms with Gasteiger partial charge in [-0.1, -0.05) is 31.9 Å². The van der Waals surface area contributed by atoms with E-state index >= 15 is 0 Å². The van der Waals surface area contributed by atoms with Crippen LogP contribution in [0.15, 0.2) is 42.5 Å². The maximum absolute atomic E-state index is 5.76. The molecule has 0 radical (unpaired) electrons. The molecule has 2 aromatic carbocycles. The van der Waals surface area contributed by atoms with Crippen LogP contribution in [-0.4, -0.2) is 16.6 Å². The Balaban J connectivity index is 1.88. The monoisotopic (exact) mass is 266 g/mol. The first kappa shape index (κ1) is 12.9. The van der Waals surface area contributed by atoms with Crippen LogP contribution in [0.1, 0.15) is 26.2 Å². The van der Waals surface area contributed by atoms with Crippen molar-refractivity contribution >= 4 is 22.1 Å². The molecule has 0 N–H and O–H groups in total. The van der Waals surface area contributed by atoms with Crippen molar-refractivity contribution in [2.75, 3.05) is 6.61 Å². The van der Waals surface area contributed by atoms with Crippen LogP contribution in [0, 0.1) is 0 Å². The van der Waals surface area contributed by atoms with Crippen molar-refractivity contribution in [1.82, 2.24) is 9.97 Å². The van der Waals surface area contributed by atoms with Gasteiger partial charge in [-0.15, -0.1) is 0 Å². The number of nitrogens with zero attached hydrogens (tertiary/aromatic N) is 2. The van der Waals surface area contributed by atoms with Crippen LogP contribution in [0.2, 0.25) is 0 Å². The summed E-state index contributed by atoms with van der Waals surface area (Å²) in [7, 11) is 0. The van der Waals surface area contributed by atoms with E-state index in [2.05, 4.69) is 16.9 Å². The van der Waals surface area contributed by atoms with E-state index in [1.807, 2.05) is 42.5 Å². The van der Waals surface area contributed by atoms with Gasteiger partial charge in [0, 0.05) is 6.07 Å². The number of rotatable bonds is 5. The molecule has 3 nitrogen and oxygen atoms in total. The molecule has 0 aliphatic carbocycles. The summed E-state index contributed by atoms with van der Waals surface area (Å²) in [4.78, 5) is 9.25. The summed E-state index contributed by atoms with van der Waals surface area (Å²) in [5.41, 5.74) is 3.64. The number of benzene rings is 2. The minimum Gasteiger partial charge on any atom is -0.494 e. The predicted octanol–water partition coefficient (Wildman–Crippen LogP) is 4.35. The summed E-state index contributed by atoms with van der Waals surface area (Å²) in [5, 5.41) is 0. The second-order valence-electron chi connectivity index (χ2n) is 4.92. The average Bonchev–Trinajstić information content (AvgIpc) is 2.49. The Morgan fingerprint density at radius 3 is 2.30 bits per heavy atom. The lowest BCUT2D eigenvalue weighted by Gasteiger charge is -2.07. The van der Waals surface area contributed by atoms with Crippen LogP contribution < -0.4 is 4.74 Å². The van der Waals surface area contributed by atoms with Crippen molar-refractivity contribution in [2.45, 2.75) is 26.2 Å². The molecule has 3 aromatic rings. The van der Waals surface area contributed by atoms with E-state index in [4.69, 9.17) is 4.74 Å². The second-order valence-corrected chi connectivity index (χ2v) is 4.92. The van der Waals surface area contributed by atoms with E-state index in [1.165, 1.54) is 12.8 Å². The van der Waals surface area contributed by atoms with Gasteiger partial charge in [0.2, 0.25) is 0 Å². The molecule has 1 aromatic heterocycles. The third-order valence-corrected chi connectivity index (χ3v) is 3.33. The zero-order valence-electron chi connectivity index (χ0n) is 11.7. The van der Waals surface area contributed by atoms with Gasteiger partial charge in [0.15, 0.2) is 0 Å². The smallest absolute Gasteiger partial charge is 0.121 e. The highest BCUT2D eigenvalue weighted by atomic mass is 16.5. The molecule has 0 amide bonds. The Hall–Kier alpha value is -2.16. The predicted molar refractivity (Wildman–Crippen MR) is 82.1 cm³/mol. The van der Waals surface area contributed by atoms with E-state index in [9.17, 15) is 0 Å². The second kappa shape index (κ2) is 5.87. The standard InChI is InChI=1S/C17H18N2O/c1-2-3-6-11-20-13-9-10-16-17(12-13)19-15-8-5-4-7-14(15)18-16/h4-5,7-10,12H,2-3,6,11H2,1H3. The van der Waals surface area contributed by atoms with Gasteiger partial charge < -0.3 is 4.74 Å². The van der Waals surface area contributed by atoms with Crippen LogP contribution in [0.5, 0.6) is 5.75 Å². The third-order valence-electron chi connectivity index (χ3n) is 3.33. The summed E-state index contributed by atoms with van der Waals surface area (Å²) in [6.07, 6.45) is 3.51. The van der Waals surface area contributed by atoms with Crippen LogP contribution in [-0.2, 0) is 0 Å². The number of para-hydroxylation sites is 2. The molecule has 0 saturated heterocycles. The lowest BCUT2D eigenvalue weighted by atomic mass is 10.2. The van der Waals surface area contributed by atoms with Crippen molar-refractivity contribution in [3.63, 3.8) is 0 Å². The van der Waals surface area contributed by atoms with E-state index < -0.39 is 0 Å². The van der Waals surface area contributed by atoms with Gasteiger partial charge in [-0.3, -0.25) is 0 Å². The first-order chi connectivity index (χ1) is 9.86. The third kappa shape index (κ3) is 2.72. The number of hydrogen-bond donors (Lipinski definition) is 0. The quantitative estimate of drug-likeness (QED) is 0.508. The SMILES string of the molecule is CCCCCOc1ccc2nc3ccccc3nc2c1. The Labute approximate surface area is 118 Å². The molecule has 0 spiro atoms. The molecule has 0 aliphatic heterocycles. The van der Waals surface area contributed by atoms with Gasteiger partial charge in [0.05, 0.1) is 28.7 Å². The molecular weight excluding hydrogens is 248 g/mol. The van der Waals surface area contributed by atoms with Gasteiger partial charge in [-0.05, 0) is 30.7 Å². The van der Waals surface area contributed by atoms with Crippen LogP contribution >= 0.6 is 0 Å². The van der Waals surface area contributed by atoms with Gasteiger partial charge in [-0.2, -0.15) is 0 Å². The van der Waals surface area contributed by atoms with Crippen LogP contribution in [0.25, 0.3) is 22.1 Å². The molecule has 3 heteroatoms. The molecule has 102 valence electrons. The Morgan fingerprint density at radius 2 is 1.55 bits per heavy atom. The van der Waals surface area contributed by atoms with Gasteiger partial charge in [-0.25, -0.2) is 9.97 Å². The van der Waals surface area contributed by atoms with Gasteiger partial charge >= 0.3 is 0 Å². The topological polar surface area (TPSA) is 35.0 Å². The molecular formula is C17H18N2O. The molecule has 20 heavy (non-hydrogen) atoms. The summed E-state index contributed by atoms with van der Waals surface area (Å²) in [5.74, 6) is 0.873. The minimum atomic E-state index is 0.764. The lowest BCUT2D eigenvalue weighted by Crippen LogP contribution is -1.97. The van der Waals surface area contributed by atoms with Gasteiger partial charge in [0.1, 0.15) is 5.75 Å². The van der Waals surface area contributed by atoms with Crippen molar-refractivity contribution < 1.29 is 4.74 Å². The molecule has 0 unspecified atom stereocenters. The molecule has 0 atom stereocenters. The first-order valence-electron chi connectivity index (χ1n) is 7.16. The van der Waals surface area contributed by atoms with E-state index in [0.717, 1.165) is 40.8 Å². The van der Waals surface area contributed by atoms with Crippen molar-refractivity contribution in [3.8, 4) is 5.75 Å². The Morgan fingerprint density at radius 1 is 0.850 bits per heavy atom. The highest BCUT2D eigenvalue weighted by Gasteiger charge is 2.03. The van der Waals surface area contributed by atoms with Crippen molar-refractivity contribution in [2.24, 2.45) is 0 Å². The highest BCUT2D eigenvalue weighted by Crippen LogP contribution is 2.21. The number of ether oxygens (including phenoxy) is 1. The average molecular weight is 266 g/mol. The Kier molecular flexibility index (Phi) is 3.77. The summed E-state index contributed by atoms with van der Waals surface area (Å²) < 4.78 is 5.76. The summed E-state index contributed by atoms with van der Waals surface area (Å²) in [6, 6.07) is 13.8. The fraction of sp³-hybridized carbons (Fsp3) is 0.294. The molecule has 0 aliphatic rings. The molecule has 0 bridgehead atoms. The van der Waals surface area contributed by atoms with Crippen LogP contribution in [0.4, 0.5) is 0 Å². The lowest BCUT2D eigenvalue weighted by molar-refractivity contribution is 0.306. The van der Waals surface area contributed by atoms with Gasteiger partial charge in [0.25, 0.3) is 0 Å². The maximum atomic E-state index is 5.76. The fourth-order valence-corrected chi connectivity index (χ4v) is 2.23. The summed E-state index contributed by atoms with van der Waals surface area (Å²) >= 11 is 0. The molecule has 0 fully saturated rings. The molecule has 1 heterocycles. The highest BCUT2D eigenvalue weighted by molar-refractivity contribution is 5.86. The van der Waals surface area contributed by atoms with E-state index in [-0.39, 0.29) is 0 Å². The van der Waals surface area contributed by atoms with Crippen LogP contribution in [0.3, 0.4) is 0 Å². The Bertz CT molecular complexity index is 724. The van der Waals surface area contributed by atoms with E-state index in [0.29, 0.717) is 0 Å². The maximum Gasteiger partial charge on any atom is 0.121 e. The number of aromatic nitrogens is 2. The fourth-order valence-electron chi connectivity index (χ4n) is 2.23.